The molecule has 660 valence electrons. The zero-order chi connectivity index (χ0) is 85.4. The third-order valence-corrected chi connectivity index (χ3v) is 19.7. The van der Waals surface area contributed by atoms with E-state index in [0.29, 0.717) is 25.7 Å². The van der Waals surface area contributed by atoms with E-state index in [1.165, 1.54) is 103 Å². The number of hydrogen-bond donors (Lipinski definition) is 1. The standard InChI is InChI=1S/C83H137NO31/c1-16-18-20-22-24-26-28-30-31-32-33-34-35-36-38-40-42-44-46-48-67(103-56(7)88)80(97)84-65(71(105-58(9)90)66(102-55(6)87)47-45-43-41-39-37-29-27-25-23-21-19-17-2)49-100-81-77(109-62(13)94)76(115-82-78(110-63(14)95)74(107-60(11)92)70(52(3)101-82)104-57(8)89)73(69(112-81)51-99-54(5)86)114-83-79(111-64(15)96)75(108-61(12)93)72(106-59(10)91)68(113-83)50-98-53(4)85/h52,65-79,81-83H,16-51H2,1-15H3,(H,84,97)/t52-,65-,66+,67+,68+,69+,70+,71-,72-,73+,74+,75-,76-,77+,78-,79+,81+,82-,83-/m0/s1. The molecule has 3 saturated heterocycles. The molecule has 0 aromatic carbocycles. The number of esters is 12. The van der Waals surface area contributed by atoms with Crippen molar-refractivity contribution in [2.45, 2.75) is 432 Å². The first-order valence-corrected chi connectivity index (χ1v) is 41.9. The number of hydrogen-bond acceptors (Lipinski definition) is 31. The summed E-state index contributed by atoms with van der Waals surface area (Å²) in [6.45, 7) is 15.7. The van der Waals surface area contributed by atoms with Crippen LogP contribution in [0.2, 0.25) is 0 Å². The molecule has 3 fully saturated rings. The first kappa shape index (κ1) is 102. The lowest BCUT2D eigenvalue weighted by molar-refractivity contribution is -0.386. The molecule has 115 heavy (non-hydrogen) atoms. The smallest absolute Gasteiger partial charge is 0.303 e. The normalized spacial score (nSPS) is 24.2. The van der Waals surface area contributed by atoms with Crippen molar-refractivity contribution in [1.82, 2.24) is 5.32 Å². The summed E-state index contributed by atoms with van der Waals surface area (Å²) >= 11 is 0. The van der Waals surface area contributed by atoms with Gasteiger partial charge in [0.1, 0.15) is 43.7 Å². The summed E-state index contributed by atoms with van der Waals surface area (Å²) in [4.78, 5) is 173. The SMILES string of the molecule is CCCCCCCCCCCCCCCCCCCCC[C@@H](OC(C)=O)C(=O)N[C@@H](CO[C@@H]1O[C@H](COC(C)=O)[C@@H](O[C@@H]2O[C@H](COC(C)=O)[C@H](OC(C)=O)[C@H](OC(C)=O)[C@H]2OC(C)=O)[C@H](O[C@@H]2O[C@@H](C)[C@@H](OC(C)=O)[C@@H](OC(C)=O)[C@@H]2OC(C)=O)[C@H]1OC(C)=O)[C@H](OC(C)=O)[C@@H](CCCCCCCCCCCCCC)OC(C)=O. The Morgan fingerprint density at radius 2 is 0.617 bits per heavy atom. The van der Waals surface area contributed by atoms with Gasteiger partial charge >= 0.3 is 71.6 Å². The van der Waals surface area contributed by atoms with Gasteiger partial charge in [0.15, 0.2) is 73.8 Å². The van der Waals surface area contributed by atoms with Crippen molar-refractivity contribution in [2.24, 2.45) is 0 Å². The molecule has 0 unspecified atom stereocenters. The Kier molecular flexibility index (Phi) is 51.4. The van der Waals surface area contributed by atoms with Gasteiger partial charge in [0.05, 0.1) is 18.8 Å². The second-order valence-corrected chi connectivity index (χ2v) is 30.2. The van der Waals surface area contributed by atoms with Gasteiger partial charge in [-0.25, -0.2) is 0 Å². The minimum absolute atomic E-state index is 0.0382. The predicted molar refractivity (Wildman–Crippen MR) is 412 cm³/mol. The van der Waals surface area contributed by atoms with E-state index in [-0.39, 0.29) is 12.8 Å². The fraction of sp³-hybridized carbons (Fsp3) is 0.843. The number of unbranched alkanes of at least 4 members (excludes halogenated alkanes) is 29. The third kappa shape index (κ3) is 42.2. The molecule has 1 N–H and O–H groups in total. The number of carbonyl (C=O) groups excluding carboxylic acids is 13. The summed E-state index contributed by atoms with van der Waals surface area (Å²) in [7, 11) is 0. The molecule has 0 saturated carbocycles. The van der Waals surface area contributed by atoms with Gasteiger partial charge in [-0.1, -0.05) is 200 Å². The molecule has 0 spiro atoms. The molecular weight excluding hydrogens is 1510 g/mol. The van der Waals surface area contributed by atoms with Crippen LogP contribution in [0.1, 0.15) is 316 Å². The first-order chi connectivity index (χ1) is 54.8. The maximum Gasteiger partial charge on any atom is 0.303 e. The zero-order valence-corrected chi connectivity index (χ0v) is 71.1. The molecule has 1 amide bonds. The van der Waals surface area contributed by atoms with Crippen LogP contribution >= 0.6 is 0 Å². The van der Waals surface area contributed by atoms with E-state index in [2.05, 4.69) is 19.2 Å². The number of carbonyl (C=O) groups is 13. The number of ether oxygens (including phenoxy) is 18. The highest BCUT2D eigenvalue weighted by molar-refractivity contribution is 5.83. The average molecular weight is 1640 g/mol. The van der Waals surface area contributed by atoms with Crippen molar-refractivity contribution in [3.63, 3.8) is 0 Å². The summed E-state index contributed by atoms with van der Waals surface area (Å²) < 4.78 is 109. The quantitative estimate of drug-likeness (QED) is 0.0336. The summed E-state index contributed by atoms with van der Waals surface area (Å²) in [6, 6.07) is -1.63. The van der Waals surface area contributed by atoms with Gasteiger partial charge in [0.25, 0.3) is 5.91 Å². The minimum Gasteiger partial charge on any atom is -0.463 e. The molecule has 19 atom stereocenters. The molecule has 0 radical (unpaired) electrons. The van der Waals surface area contributed by atoms with Crippen molar-refractivity contribution in [3.8, 4) is 0 Å². The van der Waals surface area contributed by atoms with Crippen molar-refractivity contribution in [2.75, 3.05) is 19.8 Å². The minimum atomic E-state index is -2.13. The molecule has 0 aliphatic carbocycles. The van der Waals surface area contributed by atoms with Gasteiger partial charge in [-0.3, -0.25) is 62.3 Å². The third-order valence-electron chi connectivity index (χ3n) is 19.7. The van der Waals surface area contributed by atoms with Gasteiger partial charge in [0, 0.05) is 83.1 Å². The maximum atomic E-state index is 15.1. The Balaban J connectivity index is 2.31. The fourth-order valence-electron chi connectivity index (χ4n) is 14.5. The molecular formula is C83H137NO31. The number of rotatable bonds is 58. The highest BCUT2D eigenvalue weighted by Crippen LogP contribution is 2.39. The van der Waals surface area contributed by atoms with Crippen LogP contribution in [0.15, 0.2) is 0 Å². The van der Waals surface area contributed by atoms with Gasteiger partial charge in [-0.2, -0.15) is 0 Å². The molecule has 3 aliphatic heterocycles. The van der Waals surface area contributed by atoms with E-state index in [0.717, 1.165) is 160 Å². The molecule has 32 heteroatoms. The van der Waals surface area contributed by atoms with Crippen LogP contribution in [0, 0.1) is 0 Å². The largest absolute Gasteiger partial charge is 0.463 e. The van der Waals surface area contributed by atoms with E-state index in [1.807, 2.05) is 0 Å². The second kappa shape index (κ2) is 57.9. The van der Waals surface area contributed by atoms with E-state index in [1.54, 1.807) is 0 Å². The Hall–Kier alpha value is -7.13. The van der Waals surface area contributed by atoms with Crippen molar-refractivity contribution >= 4 is 77.5 Å². The maximum absolute atomic E-state index is 15.1. The van der Waals surface area contributed by atoms with Crippen molar-refractivity contribution in [3.05, 3.63) is 0 Å². The van der Waals surface area contributed by atoms with Crippen LogP contribution in [0.5, 0.6) is 0 Å². The molecule has 0 aromatic heterocycles. The highest BCUT2D eigenvalue weighted by Gasteiger charge is 2.60. The van der Waals surface area contributed by atoms with Gasteiger partial charge in [-0.05, 0) is 32.6 Å². The lowest BCUT2D eigenvalue weighted by Crippen LogP contribution is -2.69. The summed E-state index contributed by atoms with van der Waals surface area (Å²) in [5.74, 6) is -12.3. The molecule has 3 rings (SSSR count). The molecule has 3 heterocycles. The van der Waals surface area contributed by atoms with Crippen LogP contribution in [0.25, 0.3) is 0 Å². The monoisotopic (exact) mass is 1640 g/mol. The Morgan fingerprint density at radius 1 is 0.304 bits per heavy atom. The number of amides is 1. The highest BCUT2D eigenvalue weighted by atomic mass is 16.8. The van der Waals surface area contributed by atoms with Crippen molar-refractivity contribution in [1.29, 1.82) is 0 Å². The van der Waals surface area contributed by atoms with Crippen LogP contribution in [-0.4, -0.2) is 214 Å². The molecule has 0 aromatic rings. The molecule has 3 aliphatic rings. The average Bonchev–Trinajstić information content (AvgIpc) is 0.759. The summed E-state index contributed by atoms with van der Waals surface area (Å²) in [5, 5.41) is 2.87. The van der Waals surface area contributed by atoms with Crippen LogP contribution in [-0.2, 0) is 148 Å². The Morgan fingerprint density at radius 3 is 1.00 bits per heavy atom. The topological polar surface area (TPSA) is 400 Å². The van der Waals surface area contributed by atoms with E-state index < -0.39 is 214 Å². The number of nitrogens with one attached hydrogen (secondary N) is 1. The summed E-state index contributed by atoms with van der Waals surface area (Å²) in [6.07, 6.45) is 0.968. The van der Waals surface area contributed by atoms with Gasteiger partial charge in [0.2, 0.25) is 0 Å². The molecule has 0 bridgehead atoms. The Bertz CT molecular complexity index is 2930. The van der Waals surface area contributed by atoms with E-state index >= 15 is 4.79 Å². The van der Waals surface area contributed by atoms with Crippen molar-refractivity contribution < 1.29 is 148 Å². The van der Waals surface area contributed by atoms with Crippen LogP contribution in [0.4, 0.5) is 0 Å². The molecule has 32 nitrogen and oxygen atoms in total. The fourth-order valence-corrected chi connectivity index (χ4v) is 14.5. The zero-order valence-electron chi connectivity index (χ0n) is 71.1. The van der Waals surface area contributed by atoms with Gasteiger partial charge < -0.3 is 90.6 Å². The van der Waals surface area contributed by atoms with E-state index in [4.69, 9.17) is 85.3 Å². The Labute approximate surface area is 679 Å². The lowest BCUT2D eigenvalue weighted by atomic mass is 9.95. The second-order valence-electron chi connectivity index (χ2n) is 30.2. The van der Waals surface area contributed by atoms with Gasteiger partial charge in [-0.15, -0.1) is 0 Å². The van der Waals surface area contributed by atoms with Crippen LogP contribution < -0.4 is 5.32 Å². The first-order valence-electron chi connectivity index (χ1n) is 41.9. The predicted octanol–water partition coefficient (Wildman–Crippen LogP) is 11.8. The summed E-state index contributed by atoms with van der Waals surface area (Å²) in [5.41, 5.74) is 0. The van der Waals surface area contributed by atoms with Crippen LogP contribution in [0.3, 0.4) is 0 Å². The lowest BCUT2D eigenvalue weighted by Gasteiger charge is -2.50. The van der Waals surface area contributed by atoms with E-state index in [9.17, 15) is 57.5 Å².